The number of piperazine rings is 1. The van der Waals surface area contributed by atoms with Crippen molar-refractivity contribution in [3.8, 4) is 0 Å². The van der Waals surface area contributed by atoms with E-state index in [-0.39, 0.29) is 10.4 Å². The summed E-state index contributed by atoms with van der Waals surface area (Å²) in [4.78, 5) is 1.73. The maximum absolute atomic E-state index is 14.1. The summed E-state index contributed by atoms with van der Waals surface area (Å²) in [6, 6.07) is 3.79. The lowest BCUT2D eigenvalue weighted by Gasteiger charge is -2.44. The Bertz CT molecular complexity index is 587. The molecule has 1 aliphatic heterocycles. The Morgan fingerprint density at radius 1 is 1.42 bits per heavy atom. The molecule has 7 heteroatoms. The van der Waals surface area contributed by atoms with Crippen molar-refractivity contribution in [3.05, 3.63) is 24.0 Å². The second-order valence-corrected chi connectivity index (χ2v) is 6.86. The number of benzene rings is 1. The maximum Gasteiger partial charge on any atom is 0.238 e. The molecule has 19 heavy (non-hydrogen) atoms. The summed E-state index contributed by atoms with van der Waals surface area (Å²) in [5, 5.41) is 8.24. The van der Waals surface area contributed by atoms with Crippen LogP contribution in [0.1, 0.15) is 13.8 Å². The fourth-order valence-corrected chi connectivity index (χ4v) is 2.84. The minimum Gasteiger partial charge on any atom is -0.361 e. The van der Waals surface area contributed by atoms with Crippen LogP contribution in [0.2, 0.25) is 0 Å². The van der Waals surface area contributed by atoms with Gasteiger partial charge in [0.1, 0.15) is 5.82 Å². The van der Waals surface area contributed by atoms with Crippen molar-refractivity contribution in [2.24, 2.45) is 5.14 Å². The number of anilines is 1. The molecule has 1 saturated heterocycles. The van der Waals surface area contributed by atoms with Gasteiger partial charge in [-0.2, -0.15) is 0 Å². The van der Waals surface area contributed by atoms with Crippen LogP contribution >= 0.6 is 0 Å². The standard InChI is InChI=1S/C12H18FN3O2S/c1-12(2)8-15-5-6-16(12)11-4-3-9(7-10(11)13)19(14,17)18/h3-4,7,15H,5-6,8H2,1-2H3,(H2,14,17,18). The smallest absolute Gasteiger partial charge is 0.238 e. The molecule has 3 N–H and O–H groups in total. The summed E-state index contributed by atoms with van der Waals surface area (Å²) in [7, 11) is -3.87. The Morgan fingerprint density at radius 2 is 2.11 bits per heavy atom. The predicted molar refractivity (Wildman–Crippen MR) is 72.1 cm³/mol. The van der Waals surface area contributed by atoms with Crippen LogP contribution < -0.4 is 15.4 Å². The van der Waals surface area contributed by atoms with Gasteiger partial charge in [0.25, 0.3) is 0 Å². The van der Waals surface area contributed by atoms with Crippen LogP contribution in [0, 0.1) is 5.82 Å². The predicted octanol–water partition coefficient (Wildman–Crippen LogP) is 0.661. The zero-order valence-electron chi connectivity index (χ0n) is 11.0. The minimum atomic E-state index is -3.87. The van der Waals surface area contributed by atoms with Gasteiger partial charge < -0.3 is 10.2 Å². The van der Waals surface area contributed by atoms with E-state index < -0.39 is 15.8 Å². The molecule has 2 rings (SSSR count). The summed E-state index contributed by atoms with van der Waals surface area (Å²) in [6.45, 7) is 6.18. The van der Waals surface area contributed by atoms with Gasteiger partial charge in [-0.05, 0) is 32.0 Å². The minimum absolute atomic E-state index is 0.207. The summed E-state index contributed by atoms with van der Waals surface area (Å²) < 4.78 is 36.5. The number of hydrogen-bond donors (Lipinski definition) is 2. The van der Waals surface area contributed by atoms with Gasteiger partial charge in [-0.1, -0.05) is 0 Å². The molecule has 1 aromatic carbocycles. The number of nitrogens with zero attached hydrogens (tertiary/aromatic N) is 1. The monoisotopic (exact) mass is 287 g/mol. The Hall–Kier alpha value is -1.18. The van der Waals surface area contributed by atoms with Crippen molar-refractivity contribution >= 4 is 15.7 Å². The maximum atomic E-state index is 14.1. The van der Waals surface area contributed by atoms with Crippen molar-refractivity contribution < 1.29 is 12.8 Å². The van der Waals surface area contributed by atoms with Crippen molar-refractivity contribution in [1.82, 2.24) is 5.32 Å². The normalized spacial score (nSPS) is 19.5. The third-order valence-corrected chi connectivity index (χ3v) is 4.25. The topological polar surface area (TPSA) is 75.4 Å². The summed E-state index contributed by atoms with van der Waals surface area (Å²) in [5.41, 5.74) is 0.168. The Morgan fingerprint density at radius 3 is 2.63 bits per heavy atom. The lowest BCUT2D eigenvalue weighted by atomic mass is 9.99. The molecule has 5 nitrogen and oxygen atoms in total. The molecule has 0 aliphatic carbocycles. The first kappa shape index (κ1) is 14.2. The molecule has 1 aliphatic rings. The average Bonchev–Trinajstić information content (AvgIpc) is 2.28. The van der Waals surface area contributed by atoms with Crippen LogP contribution in [0.5, 0.6) is 0 Å². The summed E-state index contributed by atoms with van der Waals surface area (Å²) in [5.74, 6) is -0.568. The first-order valence-corrected chi connectivity index (χ1v) is 7.57. The lowest BCUT2D eigenvalue weighted by Crippen LogP contribution is -2.58. The molecule has 1 aromatic rings. The van der Waals surface area contributed by atoms with E-state index >= 15 is 0 Å². The highest BCUT2D eigenvalue weighted by molar-refractivity contribution is 7.89. The third kappa shape index (κ3) is 2.88. The molecule has 1 fully saturated rings. The first-order valence-electron chi connectivity index (χ1n) is 6.02. The van der Waals surface area contributed by atoms with Gasteiger partial charge in [-0.25, -0.2) is 17.9 Å². The highest BCUT2D eigenvalue weighted by Crippen LogP contribution is 2.29. The van der Waals surface area contributed by atoms with Gasteiger partial charge >= 0.3 is 0 Å². The van der Waals surface area contributed by atoms with Gasteiger partial charge in [0.05, 0.1) is 10.6 Å². The molecule has 0 bridgehead atoms. The number of nitrogens with one attached hydrogen (secondary N) is 1. The van der Waals surface area contributed by atoms with E-state index in [0.717, 1.165) is 19.2 Å². The highest BCUT2D eigenvalue weighted by Gasteiger charge is 2.31. The zero-order chi connectivity index (χ0) is 14.3. The number of halogens is 1. The largest absolute Gasteiger partial charge is 0.361 e. The third-order valence-electron chi connectivity index (χ3n) is 3.34. The lowest BCUT2D eigenvalue weighted by molar-refractivity contribution is 0.376. The summed E-state index contributed by atoms with van der Waals surface area (Å²) in [6.07, 6.45) is 0. The molecular weight excluding hydrogens is 269 g/mol. The highest BCUT2D eigenvalue weighted by atomic mass is 32.2. The zero-order valence-corrected chi connectivity index (χ0v) is 11.8. The van der Waals surface area contributed by atoms with Crippen LogP contribution in [-0.4, -0.2) is 33.6 Å². The Labute approximate surface area is 112 Å². The van der Waals surface area contributed by atoms with Gasteiger partial charge in [0.2, 0.25) is 10.0 Å². The molecule has 0 amide bonds. The number of rotatable bonds is 2. The second kappa shape index (κ2) is 4.73. The molecule has 0 aromatic heterocycles. The molecule has 0 saturated carbocycles. The van der Waals surface area contributed by atoms with Crippen molar-refractivity contribution in [2.45, 2.75) is 24.3 Å². The number of nitrogens with two attached hydrogens (primary N) is 1. The SMILES string of the molecule is CC1(C)CNCCN1c1ccc(S(N)(=O)=O)cc1F. The Balaban J connectivity index is 2.41. The van der Waals surface area contributed by atoms with E-state index in [1.807, 2.05) is 18.7 Å². The van der Waals surface area contributed by atoms with E-state index in [9.17, 15) is 12.8 Å². The molecule has 0 radical (unpaired) electrons. The van der Waals surface area contributed by atoms with Crippen LogP contribution in [0.4, 0.5) is 10.1 Å². The van der Waals surface area contributed by atoms with E-state index in [2.05, 4.69) is 5.32 Å². The van der Waals surface area contributed by atoms with Crippen LogP contribution in [0.15, 0.2) is 23.1 Å². The van der Waals surface area contributed by atoms with Crippen LogP contribution in [0.25, 0.3) is 0 Å². The van der Waals surface area contributed by atoms with Crippen molar-refractivity contribution in [1.29, 1.82) is 0 Å². The fourth-order valence-electron chi connectivity index (χ4n) is 2.31. The molecule has 1 heterocycles. The quantitative estimate of drug-likeness (QED) is 0.838. The van der Waals surface area contributed by atoms with Gasteiger partial charge in [-0.15, -0.1) is 0 Å². The van der Waals surface area contributed by atoms with Crippen molar-refractivity contribution in [2.75, 3.05) is 24.5 Å². The first-order chi connectivity index (χ1) is 8.72. The van der Waals surface area contributed by atoms with E-state index in [1.165, 1.54) is 12.1 Å². The van der Waals surface area contributed by atoms with Crippen molar-refractivity contribution in [3.63, 3.8) is 0 Å². The molecular formula is C12H18FN3O2S. The molecule has 106 valence electrons. The van der Waals surface area contributed by atoms with Crippen LogP contribution in [0.3, 0.4) is 0 Å². The van der Waals surface area contributed by atoms with E-state index in [4.69, 9.17) is 5.14 Å². The average molecular weight is 287 g/mol. The number of sulfonamides is 1. The van der Waals surface area contributed by atoms with Crippen LogP contribution in [-0.2, 0) is 10.0 Å². The number of hydrogen-bond acceptors (Lipinski definition) is 4. The molecule has 0 atom stereocenters. The summed E-state index contributed by atoms with van der Waals surface area (Å²) >= 11 is 0. The van der Waals surface area contributed by atoms with Gasteiger partial charge in [0, 0.05) is 25.2 Å². The van der Waals surface area contributed by atoms with Gasteiger partial charge in [0.15, 0.2) is 0 Å². The second-order valence-electron chi connectivity index (χ2n) is 5.30. The van der Waals surface area contributed by atoms with E-state index in [0.29, 0.717) is 12.2 Å². The van der Waals surface area contributed by atoms with E-state index in [1.54, 1.807) is 0 Å². The molecule has 0 unspecified atom stereocenters. The van der Waals surface area contributed by atoms with Gasteiger partial charge in [-0.3, -0.25) is 0 Å². The fraction of sp³-hybridized carbons (Fsp3) is 0.500. The molecule has 0 spiro atoms. The Kier molecular flexibility index (Phi) is 3.55. The number of primary sulfonamides is 1.